The molecule has 17 heteroatoms. The molecule has 256 valence electrons. The third kappa shape index (κ3) is 6.68. The van der Waals surface area contributed by atoms with Crippen molar-refractivity contribution in [1.29, 1.82) is 0 Å². The van der Waals surface area contributed by atoms with Gasteiger partial charge in [0.05, 0.1) is 73.6 Å². The Kier molecular flexibility index (Phi) is 9.06. The molecule has 0 unspecified atom stereocenters. The number of halogens is 6. The van der Waals surface area contributed by atoms with Crippen LogP contribution in [-0.4, -0.2) is 80.6 Å². The summed E-state index contributed by atoms with van der Waals surface area (Å²) in [5, 5.41) is 3.63. The summed E-state index contributed by atoms with van der Waals surface area (Å²) in [4.78, 5) is 37.6. The third-order valence-corrected chi connectivity index (χ3v) is 8.74. The minimum Gasteiger partial charge on any atom is -0.497 e. The highest BCUT2D eigenvalue weighted by Crippen LogP contribution is 2.36. The summed E-state index contributed by atoms with van der Waals surface area (Å²) in [6.45, 7) is 0.917. The van der Waals surface area contributed by atoms with Crippen molar-refractivity contribution in [2.24, 2.45) is 0 Å². The highest BCUT2D eigenvalue weighted by molar-refractivity contribution is 5.83. The van der Waals surface area contributed by atoms with E-state index in [1.54, 1.807) is 29.2 Å². The highest BCUT2D eigenvalue weighted by Gasteiger charge is 2.45. The van der Waals surface area contributed by atoms with Gasteiger partial charge in [-0.05, 0) is 30.5 Å². The van der Waals surface area contributed by atoms with Crippen molar-refractivity contribution in [3.05, 3.63) is 76.1 Å². The predicted octanol–water partition coefficient (Wildman–Crippen LogP) is 4.37. The van der Waals surface area contributed by atoms with Crippen molar-refractivity contribution in [1.82, 2.24) is 29.2 Å². The van der Waals surface area contributed by atoms with Gasteiger partial charge in [0.15, 0.2) is 0 Å². The zero-order chi connectivity index (χ0) is 34.2. The first-order valence-corrected chi connectivity index (χ1v) is 15.2. The number of hydrogen-bond acceptors (Lipinski definition) is 8. The lowest BCUT2D eigenvalue weighted by Crippen LogP contribution is -2.40. The number of alkyl halides is 6. The Morgan fingerprint density at radius 3 is 2.31 bits per heavy atom. The van der Waals surface area contributed by atoms with E-state index < -0.39 is 34.4 Å². The lowest BCUT2D eigenvalue weighted by Gasteiger charge is -2.25. The van der Waals surface area contributed by atoms with Crippen molar-refractivity contribution in [2.45, 2.75) is 56.8 Å². The molecule has 2 fully saturated rings. The fourth-order valence-corrected chi connectivity index (χ4v) is 6.39. The van der Waals surface area contributed by atoms with Gasteiger partial charge >= 0.3 is 12.4 Å². The van der Waals surface area contributed by atoms with Crippen molar-refractivity contribution in [3.63, 3.8) is 0 Å². The second kappa shape index (κ2) is 13.1. The molecule has 11 nitrogen and oxygen atoms in total. The van der Waals surface area contributed by atoms with Gasteiger partial charge in [-0.3, -0.25) is 9.59 Å². The van der Waals surface area contributed by atoms with Crippen LogP contribution in [0, 0.1) is 0 Å². The van der Waals surface area contributed by atoms with E-state index in [0.717, 1.165) is 23.3 Å². The topological polar surface area (TPSA) is 108 Å². The molecule has 1 aromatic carbocycles. The Morgan fingerprint density at radius 2 is 1.65 bits per heavy atom. The van der Waals surface area contributed by atoms with Crippen molar-refractivity contribution >= 4 is 22.8 Å². The standard InChI is InChI=1S/C31H31F6N7O4/c1-47-21-4-2-19(3-5-21)17-44-28(46)27-22(31(35,36)37)18-41(25(27)16-40-44)11-13-48-12-8-26(45)42-9-6-24-23(42)7-10-43(24)29-38-14-20(15-39-29)30(32,33)34/h2-5,14-16,18,23-24H,6-13,17H2,1H3/t23-,24-/m1/s1. The van der Waals surface area contributed by atoms with E-state index in [0.29, 0.717) is 37.2 Å². The first-order chi connectivity index (χ1) is 22.8. The van der Waals surface area contributed by atoms with Crippen LogP contribution in [0.2, 0.25) is 0 Å². The summed E-state index contributed by atoms with van der Waals surface area (Å²) < 4.78 is 93.6. The van der Waals surface area contributed by atoms with Crippen LogP contribution in [0.25, 0.3) is 10.9 Å². The number of methoxy groups -OCH3 is 1. The SMILES string of the molecule is COc1ccc(Cn2ncc3c(c(C(F)(F)F)cn3CCOCCC(=O)N3CC[C@@H]4[C@H]3CCN4c3ncc(C(F)(F)F)cn3)c2=O)cc1. The van der Waals surface area contributed by atoms with Crippen LogP contribution in [0.15, 0.2) is 53.8 Å². The van der Waals surface area contributed by atoms with Crippen LogP contribution in [0.3, 0.4) is 0 Å². The van der Waals surface area contributed by atoms with E-state index in [9.17, 15) is 35.9 Å². The molecule has 2 aliphatic heterocycles. The van der Waals surface area contributed by atoms with Crippen LogP contribution < -0.4 is 15.2 Å². The quantitative estimate of drug-likeness (QED) is 0.180. The predicted molar refractivity (Wildman–Crippen MR) is 159 cm³/mol. The number of likely N-dealkylation sites (tertiary alicyclic amines) is 1. The van der Waals surface area contributed by atoms with E-state index in [4.69, 9.17) is 9.47 Å². The number of amides is 1. The van der Waals surface area contributed by atoms with E-state index in [1.165, 1.54) is 17.9 Å². The van der Waals surface area contributed by atoms with Crippen molar-refractivity contribution in [2.75, 3.05) is 38.3 Å². The van der Waals surface area contributed by atoms with Gasteiger partial charge in [0, 0.05) is 38.2 Å². The Labute approximate surface area is 269 Å². The van der Waals surface area contributed by atoms with Gasteiger partial charge in [-0.15, -0.1) is 0 Å². The fourth-order valence-electron chi connectivity index (χ4n) is 6.39. The van der Waals surface area contributed by atoms with E-state index >= 15 is 0 Å². The van der Waals surface area contributed by atoms with E-state index in [-0.39, 0.29) is 62.2 Å². The number of rotatable bonds is 10. The van der Waals surface area contributed by atoms with Crippen LogP contribution in [0.4, 0.5) is 32.3 Å². The van der Waals surface area contributed by atoms with Gasteiger partial charge in [-0.25, -0.2) is 14.6 Å². The van der Waals surface area contributed by atoms with Gasteiger partial charge in [0.1, 0.15) is 5.75 Å². The van der Waals surface area contributed by atoms with Gasteiger partial charge < -0.3 is 23.8 Å². The molecule has 2 aliphatic rings. The molecule has 3 aromatic heterocycles. The number of carbonyl (C=O) groups excluding carboxylic acids is 1. The minimum absolute atomic E-state index is 0.0130. The van der Waals surface area contributed by atoms with Gasteiger partial charge in [-0.1, -0.05) is 12.1 Å². The Morgan fingerprint density at radius 1 is 0.938 bits per heavy atom. The maximum absolute atomic E-state index is 14.0. The lowest BCUT2D eigenvalue weighted by molar-refractivity contribution is -0.138. The lowest BCUT2D eigenvalue weighted by atomic mass is 10.1. The fraction of sp³-hybridized carbons (Fsp3) is 0.452. The third-order valence-electron chi connectivity index (χ3n) is 8.74. The summed E-state index contributed by atoms with van der Waals surface area (Å²) in [5.41, 5.74) is -2.20. The Hall–Kier alpha value is -4.67. The smallest absolute Gasteiger partial charge is 0.419 e. The zero-order valence-electron chi connectivity index (χ0n) is 25.7. The molecule has 4 aromatic rings. The second-order valence-corrected chi connectivity index (χ2v) is 11.6. The molecule has 0 aliphatic carbocycles. The van der Waals surface area contributed by atoms with Gasteiger partial charge in [-0.2, -0.15) is 31.4 Å². The molecule has 0 radical (unpaired) electrons. The molecular formula is C31H31F6N7O4. The van der Waals surface area contributed by atoms with Crippen LogP contribution in [0.1, 0.15) is 36.0 Å². The summed E-state index contributed by atoms with van der Waals surface area (Å²) in [7, 11) is 1.50. The van der Waals surface area contributed by atoms with Crippen LogP contribution in [-0.2, 0) is 35.0 Å². The maximum Gasteiger partial charge on any atom is 0.419 e. The molecule has 1 amide bonds. The Bertz CT molecular complexity index is 1820. The van der Waals surface area contributed by atoms with Crippen molar-refractivity contribution in [3.8, 4) is 5.75 Å². The average Bonchev–Trinajstić information content (AvgIpc) is 3.76. The number of ether oxygens (including phenoxy) is 2. The second-order valence-electron chi connectivity index (χ2n) is 11.6. The molecule has 0 spiro atoms. The molecule has 48 heavy (non-hydrogen) atoms. The van der Waals surface area contributed by atoms with Gasteiger partial charge in [0.25, 0.3) is 5.56 Å². The molecule has 0 bridgehead atoms. The normalized spacial score (nSPS) is 18.1. The van der Waals surface area contributed by atoms with E-state index in [2.05, 4.69) is 15.1 Å². The van der Waals surface area contributed by atoms with E-state index in [1.807, 2.05) is 4.90 Å². The number of anilines is 1. The highest BCUT2D eigenvalue weighted by atomic mass is 19.4. The number of fused-ring (bicyclic) bond motifs is 2. The monoisotopic (exact) mass is 679 g/mol. The number of aromatic nitrogens is 5. The molecule has 2 saturated heterocycles. The molecular weight excluding hydrogens is 648 g/mol. The Balaban J connectivity index is 1.04. The van der Waals surface area contributed by atoms with Crippen molar-refractivity contribution < 1.29 is 40.6 Å². The molecule has 0 saturated carbocycles. The number of hydrogen-bond donors (Lipinski definition) is 0. The average molecular weight is 680 g/mol. The van der Waals surface area contributed by atoms with Crippen LogP contribution >= 0.6 is 0 Å². The number of benzene rings is 1. The maximum atomic E-state index is 14.0. The number of nitrogens with zero attached hydrogens (tertiary/aromatic N) is 7. The summed E-state index contributed by atoms with van der Waals surface area (Å²) in [5.74, 6) is 0.619. The van der Waals surface area contributed by atoms with Gasteiger partial charge in [0.2, 0.25) is 11.9 Å². The first-order valence-electron chi connectivity index (χ1n) is 15.2. The zero-order valence-corrected chi connectivity index (χ0v) is 25.7. The first kappa shape index (κ1) is 33.2. The number of carbonyl (C=O) groups is 1. The molecule has 0 N–H and O–H groups in total. The van der Waals surface area contributed by atoms with Crippen LogP contribution in [0.5, 0.6) is 5.75 Å². The molecule has 6 rings (SSSR count). The largest absolute Gasteiger partial charge is 0.497 e. The minimum atomic E-state index is -4.78. The summed E-state index contributed by atoms with van der Waals surface area (Å²) >= 11 is 0. The molecule has 2 atom stereocenters. The molecule has 5 heterocycles. The summed E-state index contributed by atoms with van der Waals surface area (Å²) in [6, 6.07) is 6.48. The summed E-state index contributed by atoms with van der Waals surface area (Å²) in [6.07, 6.45) is -4.45.